The van der Waals surface area contributed by atoms with Crippen LogP contribution >= 0.6 is 0 Å². The molecule has 0 saturated carbocycles. The number of hydrogen-bond donors (Lipinski definition) is 0. The van der Waals surface area contributed by atoms with Gasteiger partial charge in [0.05, 0.1) is 6.42 Å². The summed E-state index contributed by atoms with van der Waals surface area (Å²) in [7, 11) is 0. The van der Waals surface area contributed by atoms with E-state index >= 15 is 0 Å². The summed E-state index contributed by atoms with van der Waals surface area (Å²) in [6, 6.07) is 14.6. The van der Waals surface area contributed by atoms with Crippen molar-refractivity contribution in [3.63, 3.8) is 0 Å². The molecular weight excluding hydrogens is 368 g/mol. The quantitative estimate of drug-likeness (QED) is 0.591. The standard InChI is InChI=1S/C23H26N2O4/c1-17-7-9-19(10-8-17)15-22(27)24-11-4-12-25(14-13-24)23(28)20-5-3-6-21(16-20)29-18(2)26/h3,5-10,16H,4,11-15H2,1-2H3. The SMILES string of the molecule is CC(=O)Oc1cccc(C(=O)N2CCCN(C(=O)Cc3ccc(C)cc3)CC2)c1. The maximum Gasteiger partial charge on any atom is 0.308 e. The van der Waals surface area contributed by atoms with Crippen molar-refractivity contribution in [2.45, 2.75) is 26.7 Å². The highest BCUT2D eigenvalue weighted by atomic mass is 16.5. The summed E-state index contributed by atoms with van der Waals surface area (Å²) in [5.74, 6) is -0.105. The number of aryl methyl sites for hydroxylation is 1. The molecule has 0 N–H and O–H groups in total. The van der Waals surface area contributed by atoms with Crippen molar-refractivity contribution in [3.05, 3.63) is 65.2 Å². The van der Waals surface area contributed by atoms with Gasteiger partial charge in [-0.15, -0.1) is 0 Å². The van der Waals surface area contributed by atoms with Crippen LogP contribution < -0.4 is 4.74 Å². The van der Waals surface area contributed by atoms with E-state index in [1.807, 2.05) is 36.1 Å². The van der Waals surface area contributed by atoms with Gasteiger partial charge in [0, 0.05) is 38.7 Å². The monoisotopic (exact) mass is 394 g/mol. The molecule has 29 heavy (non-hydrogen) atoms. The van der Waals surface area contributed by atoms with Crippen LogP contribution in [0.5, 0.6) is 5.75 Å². The Labute approximate surface area is 171 Å². The van der Waals surface area contributed by atoms with Crippen LogP contribution in [-0.2, 0) is 16.0 Å². The first kappa shape index (κ1) is 20.6. The summed E-state index contributed by atoms with van der Waals surface area (Å²) in [5, 5.41) is 0. The number of carbonyl (C=O) groups excluding carboxylic acids is 3. The predicted octanol–water partition coefficient (Wildman–Crippen LogP) is 2.84. The molecule has 0 radical (unpaired) electrons. The highest BCUT2D eigenvalue weighted by Gasteiger charge is 2.23. The van der Waals surface area contributed by atoms with Crippen LogP contribution in [-0.4, -0.2) is 53.8 Å². The molecule has 1 saturated heterocycles. The van der Waals surface area contributed by atoms with Crippen molar-refractivity contribution < 1.29 is 19.1 Å². The largest absolute Gasteiger partial charge is 0.427 e. The molecular formula is C23H26N2O4. The zero-order valence-corrected chi connectivity index (χ0v) is 16.9. The van der Waals surface area contributed by atoms with E-state index < -0.39 is 5.97 Å². The van der Waals surface area contributed by atoms with Crippen molar-refractivity contribution in [1.82, 2.24) is 9.80 Å². The van der Waals surface area contributed by atoms with E-state index in [2.05, 4.69) is 0 Å². The number of esters is 1. The van der Waals surface area contributed by atoms with Gasteiger partial charge in [-0.2, -0.15) is 0 Å². The maximum atomic E-state index is 12.9. The van der Waals surface area contributed by atoms with Crippen LogP contribution in [0.1, 0.15) is 34.8 Å². The first-order valence-corrected chi connectivity index (χ1v) is 9.83. The molecule has 2 aromatic rings. The van der Waals surface area contributed by atoms with Gasteiger partial charge in [0.1, 0.15) is 5.75 Å². The average molecular weight is 394 g/mol. The third kappa shape index (κ3) is 5.67. The van der Waals surface area contributed by atoms with E-state index in [4.69, 9.17) is 4.74 Å². The first-order valence-electron chi connectivity index (χ1n) is 9.83. The minimum atomic E-state index is -0.424. The fourth-order valence-corrected chi connectivity index (χ4v) is 3.40. The molecule has 0 aliphatic carbocycles. The molecule has 6 heteroatoms. The minimum Gasteiger partial charge on any atom is -0.427 e. The van der Waals surface area contributed by atoms with Gasteiger partial charge in [-0.05, 0) is 37.1 Å². The minimum absolute atomic E-state index is 0.0833. The van der Waals surface area contributed by atoms with Gasteiger partial charge in [-0.25, -0.2) is 0 Å². The summed E-state index contributed by atoms with van der Waals surface area (Å²) in [5.41, 5.74) is 2.64. The second-order valence-electron chi connectivity index (χ2n) is 7.31. The van der Waals surface area contributed by atoms with Crippen LogP contribution in [0, 0.1) is 6.92 Å². The van der Waals surface area contributed by atoms with Gasteiger partial charge < -0.3 is 14.5 Å². The molecule has 1 aliphatic heterocycles. The number of hydrogen-bond acceptors (Lipinski definition) is 4. The Hall–Kier alpha value is -3.15. The molecule has 1 aliphatic rings. The Morgan fingerprint density at radius 2 is 1.62 bits per heavy atom. The van der Waals surface area contributed by atoms with Crippen LogP contribution in [0.25, 0.3) is 0 Å². The number of benzene rings is 2. The Morgan fingerprint density at radius 3 is 2.34 bits per heavy atom. The Morgan fingerprint density at radius 1 is 0.931 bits per heavy atom. The lowest BCUT2D eigenvalue weighted by Crippen LogP contribution is -2.38. The number of carbonyl (C=O) groups is 3. The molecule has 3 rings (SSSR count). The molecule has 2 aromatic carbocycles. The molecule has 0 spiro atoms. The summed E-state index contributed by atoms with van der Waals surface area (Å²) in [6.07, 6.45) is 1.10. The molecule has 0 bridgehead atoms. The van der Waals surface area contributed by atoms with Gasteiger partial charge in [0.2, 0.25) is 5.91 Å². The lowest BCUT2D eigenvalue weighted by atomic mass is 10.1. The van der Waals surface area contributed by atoms with Crippen molar-refractivity contribution in [2.75, 3.05) is 26.2 Å². The number of nitrogens with zero attached hydrogens (tertiary/aromatic N) is 2. The summed E-state index contributed by atoms with van der Waals surface area (Å²) in [6.45, 7) is 5.57. The Bertz CT molecular complexity index is 892. The zero-order chi connectivity index (χ0) is 20.8. The Balaban J connectivity index is 1.60. The van der Waals surface area contributed by atoms with Gasteiger partial charge in [-0.1, -0.05) is 35.9 Å². The van der Waals surface area contributed by atoms with Crippen molar-refractivity contribution >= 4 is 17.8 Å². The summed E-state index contributed by atoms with van der Waals surface area (Å²) in [4.78, 5) is 40.3. The fraction of sp³-hybridized carbons (Fsp3) is 0.348. The van der Waals surface area contributed by atoms with Crippen molar-refractivity contribution in [2.24, 2.45) is 0 Å². The third-order valence-electron chi connectivity index (χ3n) is 4.95. The van der Waals surface area contributed by atoms with Crippen LogP contribution in [0.3, 0.4) is 0 Å². The fourth-order valence-electron chi connectivity index (χ4n) is 3.40. The second kappa shape index (κ2) is 9.37. The number of rotatable bonds is 4. The Kier molecular flexibility index (Phi) is 6.65. The van der Waals surface area contributed by atoms with Crippen LogP contribution in [0.15, 0.2) is 48.5 Å². The molecule has 0 unspecified atom stereocenters. The zero-order valence-electron chi connectivity index (χ0n) is 16.9. The summed E-state index contributed by atoms with van der Waals surface area (Å²) >= 11 is 0. The average Bonchev–Trinajstić information content (AvgIpc) is 2.95. The van der Waals surface area contributed by atoms with Gasteiger partial charge in [0.15, 0.2) is 0 Å². The highest BCUT2D eigenvalue weighted by Crippen LogP contribution is 2.17. The van der Waals surface area contributed by atoms with E-state index in [1.54, 1.807) is 29.2 Å². The molecule has 1 fully saturated rings. The molecule has 0 aromatic heterocycles. The molecule has 1 heterocycles. The van der Waals surface area contributed by atoms with E-state index in [0.29, 0.717) is 43.9 Å². The topological polar surface area (TPSA) is 66.9 Å². The van der Waals surface area contributed by atoms with E-state index in [9.17, 15) is 14.4 Å². The van der Waals surface area contributed by atoms with Gasteiger partial charge in [0.25, 0.3) is 5.91 Å². The summed E-state index contributed by atoms with van der Waals surface area (Å²) < 4.78 is 5.07. The number of ether oxygens (including phenoxy) is 1. The molecule has 152 valence electrons. The van der Waals surface area contributed by atoms with Crippen molar-refractivity contribution in [1.29, 1.82) is 0 Å². The van der Waals surface area contributed by atoms with Crippen molar-refractivity contribution in [3.8, 4) is 5.75 Å². The highest BCUT2D eigenvalue weighted by molar-refractivity contribution is 5.94. The van der Waals surface area contributed by atoms with Gasteiger partial charge >= 0.3 is 5.97 Å². The van der Waals surface area contributed by atoms with E-state index in [1.165, 1.54) is 12.5 Å². The van der Waals surface area contributed by atoms with Gasteiger partial charge in [-0.3, -0.25) is 14.4 Å². The third-order valence-corrected chi connectivity index (χ3v) is 4.95. The predicted molar refractivity (Wildman–Crippen MR) is 110 cm³/mol. The van der Waals surface area contributed by atoms with Crippen LogP contribution in [0.2, 0.25) is 0 Å². The second-order valence-corrected chi connectivity index (χ2v) is 7.31. The molecule has 0 atom stereocenters. The van der Waals surface area contributed by atoms with E-state index in [0.717, 1.165) is 12.0 Å². The molecule has 6 nitrogen and oxygen atoms in total. The lowest BCUT2D eigenvalue weighted by Gasteiger charge is -2.22. The van der Waals surface area contributed by atoms with Crippen LogP contribution in [0.4, 0.5) is 0 Å². The smallest absolute Gasteiger partial charge is 0.308 e. The maximum absolute atomic E-state index is 12.9. The lowest BCUT2D eigenvalue weighted by molar-refractivity contribution is -0.132. The molecule has 2 amide bonds. The number of amides is 2. The first-order chi connectivity index (χ1) is 13.9. The van der Waals surface area contributed by atoms with E-state index in [-0.39, 0.29) is 11.8 Å². The normalized spacial score (nSPS) is 14.3.